The maximum absolute atomic E-state index is 5.57. The molecule has 0 aromatic heterocycles. The molecule has 0 unspecified atom stereocenters. The molecule has 1 aromatic carbocycles. The van der Waals surface area contributed by atoms with Crippen molar-refractivity contribution in [1.29, 1.82) is 0 Å². The van der Waals surface area contributed by atoms with E-state index in [1.54, 1.807) is 0 Å². The van der Waals surface area contributed by atoms with Crippen LogP contribution in [0.5, 0.6) is 11.5 Å². The van der Waals surface area contributed by atoms with Crippen molar-refractivity contribution in [3.8, 4) is 11.5 Å². The monoisotopic (exact) mass is 354 g/mol. The molecule has 0 saturated carbocycles. The fraction of sp³-hybridized carbons (Fsp3) is 0.625. The number of rotatable bonds is 2. The summed E-state index contributed by atoms with van der Waals surface area (Å²) >= 11 is 3.73. The van der Waals surface area contributed by atoms with Gasteiger partial charge in [0.25, 0.3) is 0 Å². The van der Waals surface area contributed by atoms with Crippen LogP contribution in [0, 0.1) is 5.41 Å². The van der Waals surface area contributed by atoms with Crippen molar-refractivity contribution in [2.75, 3.05) is 33.0 Å². The van der Waals surface area contributed by atoms with E-state index in [-0.39, 0.29) is 5.41 Å². The van der Waals surface area contributed by atoms with Gasteiger partial charge in [-0.2, -0.15) is 0 Å². The van der Waals surface area contributed by atoms with Crippen LogP contribution in [-0.2, 0) is 0 Å². The normalized spacial score (nSPS) is 20.6. The number of nitrogens with one attached hydrogen (secondary N) is 1. The van der Waals surface area contributed by atoms with Crippen LogP contribution in [0.15, 0.2) is 16.6 Å². The summed E-state index contributed by atoms with van der Waals surface area (Å²) in [5, 5.41) is 3.43. The van der Waals surface area contributed by atoms with Gasteiger partial charge in [0.2, 0.25) is 6.79 Å². The van der Waals surface area contributed by atoms with E-state index in [2.05, 4.69) is 53.0 Å². The zero-order chi connectivity index (χ0) is 15.0. The molecule has 1 N–H and O–H groups in total. The van der Waals surface area contributed by atoms with Gasteiger partial charge in [-0.25, -0.2) is 0 Å². The van der Waals surface area contributed by atoms with E-state index in [0.29, 0.717) is 12.8 Å². The Bertz CT molecular complexity index is 522. The van der Waals surface area contributed by atoms with E-state index in [9.17, 15) is 0 Å². The second kappa shape index (κ2) is 5.78. The maximum Gasteiger partial charge on any atom is 0.231 e. The Labute approximate surface area is 134 Å². The predicted octanol–water partition coefficient (Wildman–Crippen LogP) is 3.17. The minimum Gasteiger partial charge on any atom is -0.454 e. The molecular weight excluding hydrogens is 332 g/mol. The largest absolute Gasteiger partial charge is 0.454 e. The summed E-state index contributed by atoms with van der Waals surface area (Å²) in [6.07, 6.45) is 0. The van der Waals surface area contributed by atoms with Gasteiger partial charge in [0.1, 0.15) is 0 Å². The van der Waals surface area contributed by atoms with Gasteiger partial charge in [0.15, 0.2) is 11.5 Å². The summed E-state index contributed by atoms with van der Waals surface area (Å²) in [7, 11) is 0. The van der Waals surface area contributed by atoms with Crippen molar-refractivity contribution >= 4 is 15.9 Å². The first-order valence-electron chi connectivity index (χ1n) is 7.50. The highest BCUT2D eigenvalue weighted by atomic mass is 79.9. The molecule has 0 spiro atoms. The maximum atomic E-state index is 5.57. The standard InChI is InChI=1S/C16H23BrN2O2/c1-16(2,3)15(19-6-4-18-5-7-19)11-8-13-14(9-12(11)17)21-10-20-13/h8-9,15,18H,4-7,10H2,1-3H3/t15-/m0/s1. The van der Waals surface area contributed by atoms with Gasteiger partial charge in [-0.3, -0.25) is 4.90 Å². The molecule has 1 aromatic rings. The quantitative estimate of drug-likeness (QED) is 0.884. The van der Waals surface area contributed by atoms with E-state index < -0.39 is 0 Å². The predicted molar refractivity (Wildman–Crippen MR) is 86.9 cm³/mol. The minimum absolute atomic E-state index is 0.146. The van der Waals surface area contributed by atoms with E-state index in [4.69, 9.17) is 9.47 Å². The van der Waals surface area contributed by atoms with Crippen LogP contribution in [0.2, 0.25) is 0 Å². The van der Waals surface area contributed by atoms with Crippen molar-refractivity contribution in [3.05, 3.63) is 22.2 Å². The highest BCUT2D eigenvalue weighted by Crippen LogP contribution is 2.45. The van der Waals surface area contributed by atoms with Crippen molar-refractivity contribution < 1.29 is 9.47 Å². The molecule has 0 amide bonds. The summed E-state index contributed by atoms with van der Waals surface area (Å²) in [4.78, 5) is 2.57. The zero-order valence-electron chi connectivity index (χ0n) is 12.9. The lowest BCUT2D eigenvalue weighted by molar-refractivity contribution is 0.0855. The lowest BCUT2D eigenvalue weighted by Crippen LogP contribution is -2.48. The van der Waals surface area contributed by atoms with Crippen molar-refractivity contribution in [2.45, 2.75) is 26.8 Å². The van der Waals surface area contributed by atoms with Gasteiger partial charge in [-0.1, -0.05) is 36.7 Å². The van der Waals surface area contributed by atoms with E-state index in [0.717, 1.165) is 42.2 Å². The SMILES string of the molecule is CC(C)(C)[C@H](c1cc2c(cc1Br)OCO2)N1CCNCC1. The van der Waals surface area contributed by atoms with Crippen LogP contribution in [-0.4, -0.2) is 37.9 Å². The first-order valence-corrected chi connectivity index (χ1v) is 8.30. The molecule has 0 aliphatic carbocycles. The molecule has 21 heavy (non-hydrogen) atoms. The third kappa shape index (κ3) is 3.05. The summed E-state index contributed by atoms with van der Waals surface area (Å²) in [6.45, 7) is 11.5. The Morgan fingerprint density at radius 1 is 1.14 bits per heavy atom. The average molecular weight is 355 g/mol. The molecule has 0 bridgehead atoms. The summed E-state index contributed by atoms with van der Waals surface area (Å²) < 4.78 is 12.1. The van der Waals surface area contributed by atoms with E-state index in [1.165, 1.54) is 5.56 Å². The molecule has 1 atom stereocenters. The van der Waals surface area contributed by atoms with Crippen LogP contribution >= 0.6 is 15.9 Å². The third-order valence-electron chi connectivity index (χ3n) is 4.12. The van der Waals surface area contributed by atoms with Crippen LogP contribution in [0.1, 0.15) is 32.4 Å². The topological polar surface area (TPSA) is 33.7 Å². The molecular formula is C16H23BrN2O2. The number of piperazine rings is 1. The number of benzene rings is 1. The van der Waals surface area contributed by atoms with Crippen LogP contribution < -0.4 is 14.8 Å². The van der Waals surface area contributed by atoms with Crippen LogP contribution in [0.25, 0.3) is 0 Å². The zero-order valence-corrected chi connectivity index (χ0v) is 14.5. The van der Waals surface area contributed by atoms with Gasteiger partial charge in [-0.15, -0.1) is 0 Å². The third-order valence-corrected chi connectivity index (χ3v) is 4.81. The highest BCUT2D eigenvalue weighted by molar-refractivity contribution is 9.10. The molecule has 1 fully saturated rings. The van der Waals surface area contributed by atoms with Crippen molar-refractivity contribution in [2.24, 2.45) is 5.41 Å². The van der Waals surface area contributed by atoms with Gasteiger partial charge in [0, 0.05) is 36.7 Å². The molecule has 4 nitrogen and oxygen atoms in total. The molecule has 1 saturated heterocycles. The summed E-state index contributed by atoms with van der Waals surface area (Å²) in [5.41, 5.74) is 1.43. The van der Waals surface area contributed by atoms with Crippen molar-refractivity contribution in [3.63, 3.8) is 0 Å². The van der Waals surface area contributed by atoms with Crippen LogP contribution in [0.3, 0.4) is 0 Å². The Morgan fingerprint density at radius 3 is 2.38 bits per heavy atom. The first-order chi connectivity index (χ1) is 9.97. The second-order valence-electron chi connectivity index (χ2n) is 6.78. The molecule has 2 aliphatic rings. The smallest absolute Gasteiger partial charge is 0.231 e. The minimum atomic E-state index is 0.146. The average Bonchev–Trinajstić information content (AvgIpc) is 2.86. The fourth-order valence-corrected chi connectivity index (χ4v) is 3.83. The molecule has 3 rings (SSSR count). The molecule has 2 aliphatic heterocycles. The van der Waals surface area contributed by atoms with E-state index in [1.807, 2.05) is 6.07 Å². The Kier molecular flexibility index (Phi) is 4.17. The van der Waals surface area contributed by atoms with Crippen molar-refractivity contribution in [1.82, 2.24) is 10.2 Å². The molecule has 116 valence electrons. The summed E-state index contributed by atoms with van der Waals surface area (Å²) in [6, 6.07) is 4.53. The molecule has 0 radical (unpaired) electrons. The van der Waals surface area contributed by atoms with Gasteiger partial charge in [-0.05, 0) is 23.1 Å². The van der Waals surface area contributed by atoms with Gasteiger partial charge < -0.3 is 14.8 Å². The molecule has 2 heterocycles. The highest BCUT2D eigenvalue weighted by Gasteiger charge is 2.35. The Balaban J connectivity index is 2.00. The number of fused-ring (bicyclic) bond motifs is 1. The number of hydrogen-bond acceptors (Lipinski definition) is 4. The number of halogens is 1. The summed E-state index contributed by atoms with van der Waals surface area (Å²) in [5.74, 6) is 1.69. The lowest BCUT2D eigenvalue weighted by atomic mass is 9.81. The molecule has 5 heteroatoms. The Hall–Kier alpha value is -0.780. The Morgan fingerprint density at radius 2 is 1.76 bits per heavy atom. The number of nitrogens with zero attached hydrogens (tertiary/aromatic N) is 1. The van der Waals surface area contributed by atoms with Gasteiger partial charge >= 0.3 is 0 Å². The number of hydrogen-bond donors (Lipinski definition) is 1. The lowest BCUT2D eigenvalue weighted by Gasteiger charge is -2.43. The van der Waals surface area contributed by atoms with Crippen LogP contribution in [0.4, 0.5) is 0 Å². The van der Waals surface area contributed by atoms with E-state index >= 15 is 0 Å². The fourth-order valence-electron chi connectivity index (χ4n) is 3.29. The second-order valence-corrected chi connectivity index (χ2v) is 7.64. The number of ether oxygens (including phenoxy) is 2. The van der Waals surface area contributed by atoms with Gasteiger partial charge in [0.05, 0.1) is 0 Å². The first kappa shape index (κ1) is 15.1.